The normalized spacial score (nSPS) is 17.8. The molecule has 7 heteroatoms. The molecule has 1 aliphatic carbocycles. The second-order valence-electron chi connectivity index (χ2n) is 8.67. The van der Waals surface area contributed by atoms with Crippen LogP contribution in [0.1, 0.15) is 75.1 Å². The first kappa shape index (κ1) is 21.3. The van der Waals surface area contributed by atoms with Crippen molar-refractivity contribution in [1.29, 1.82) is 0 Å². The molecule has 30 heavy (non-hydrogen) atoms. The number of urea groups is 1. The van der Waals surface area contributed by atoms with Crippen molar-refractivity contribution in [1.82, 2.24) is 20.2 Å². The fourth-order valence-electron chi connectivity index (χ4n) is 4.39. The molecule has 2 aliphatic rings. The van der Waals surface area contributed by atoms with E-state index in [1.807, 2.05) is 16.2 Å². The van der Waals surface area contributed by atoms with Gasteiger partial charge in [-0.3, -0.25) is 0 Å². The van der Waals surface area contributed by atoms with Gasteiger partial charge in [-0.1, -0.05) is 27.2 Å². The molecule has 164 valence electrons. The molecule has 2 aromatic rings. The van der Waals surface area contributed by atoms with E-state index < -0.39 is 0 Å². The summed E-state index contributed by atoms with van der Waals surface area (Å²) in [6.07, 6.45) is 8.05. The lowest BCUT2D eigenvalue weighted by atomic mass is 9.96. The largest absolute Gasteiger partial charge is 0.352 e. The molecule has 1 atom stereocenters. The summed E-state index contributed by atoms with van der Waals surface area (Å²) in [4.78, 5) is 29.6. The van der Waals surface area contributed by atoms with E-state index in [0.29, 0.717) is 5.92 Å². The number of nitrogens with zero attached hydrogens (tertiary/aromatic N) is 4. The molecule has 1 saturated heterocycles. The smallest absolute Gasteiger partial charge is 0.317 e. The van der Waals surface area contributed by atoms with Crippen molar-refractivity contribution in [2.24, 2.45) is 0 Å². The van der Waals surface area contributed by atoms with Crippen molar-refractivity contribution >= 4 is 33.4 Å². The molecular weight excluding hydrogens is 394 g/mol. The lowest BCUT2D eigenvalue weighted by Crippen LogP contribution is -2.52. The first-order valence-electron chi connectivity index (χ1n) is 11.7. The number of carbonyl (C=O) groups is 1. The van der Waals surface area contributed by atoms with E-state index in [1.165, 1.54) is 39.9 Å². The maximum absolute atomic E-state index is 12.4. The molecule has 0 spiro atoms. The first-order chi connectivity index (χ1) is 14.6. The van der Waals surface area contributed by atoms with Crippen LogP contribution in [0.4, 0.5) is 10.6 Å². The number of fused-ring (bicyclic) bond motifs is 3. The van der Waals surface area contributed by atoms with E-state index in [2.05, 4.69) is 31.0 Å². The molecule has 6 nitrogen and oxygen atoms in total. The number of piperazine rings is 1. The van der Waals surface area contributed by atoms with Crippen molar-refractivity contribution in [2.75, 3.05) is 37.6 Å². The molecule has 0 radical (unpaired) electrons. The highest BCUT2D eigenvalue weighted by Crippen LogP contribution is 2.40. The highest BCUT2D eigenvalue weighted by atomic mass is 32.1. The van der Waals surface area contributed by atoms with Crippen LogP contribution in [0.15, 0.2) is 0 Å². The number of rotatable bonds is 6. The Kier molecular flexibility index (Phi) is 6.76. The van der Waals surface area contributed by atoms with Crippen LogP contribution in [0.3, 0.4) is 0 Å². The quantitative estimate of drug-likeness (QED) is 0.675. The highest BCUT2D eigenvalue weighted by Gasteiger charge is 2.28. The molecular formula is C23H35N5OS. The number of nitrogens with one attached hydrogen (secondary N) is 1. The van der Waals surface area contributed by atoms with Crippen LogP contribution in [0.5, 0.6) is 0 Å². The third-order valence-electron chi connectivity index (χ3n) is 6.54. The van der Waals surface area contributed by atoms with Gasteiger partial charge in [-0.25, -0.2) is 14.8 Å². The van der Waals surface area contributed by atoms with Crippen LogP contribution < -0.4 is 10.2 Å². The fourth-order valence-corrected chi connectivity index (χ4v) is 5.65. The molecule has 1 aliphatic heterocycles. The highest BCUT2D eigenvalue weighted by molar-refractivity contribution is 7.19. The monoisotopic (exact) mass is 429 g/mol. The number of hydrogen-bond donors (Lipinski definition) is 1. The van der Waals surface area contributed by atoms with Crippen molar-refractivity contribution in [3.63, 3.8) is 0 Å². The molecule has 0 saturated carbocycles. The zero-order valence-corrected chi connectivity index (χ0v) is 19.5. The summed E-state index contributed by atoms with van der Waals surface area (Å²) in [5.41, 5.74) is 1.49. The Morgan fingerprint density at radius 3 is 2.63 bits per heavy atom. The van der Waals surface area contributed by atoms with E-state index in [4.69, 9.17) is 9.97 Å². The molecule has 0 bridgehead atoms. The number of amides is 2. The maximum Gasteiger partial charge on any atom is 0.317 e. The van der Waals surface area contributed by atoms with Crippen molar-refractivity contribution in [3.05, 3.63) is 16.3 Å². The minimum absolute atomic E-state index is 0.0733. The minimum Gasteiger partial charge on any atom is -0.352 e. The Bertz CT molecular complexity index is 887. The Labute approximate surface area is 184 Å². The van der Waals surface area contributed by atoms with E-state index in [-0.39, 0.29) is 6.03 Å². The van der Waals surface area contributed by atoms with Crippen LogP contribution in [-0.2, 0) is 12.8 Å². The number of aromatic nitrogens is 2. The number of thiophene rings is 1. The zero-order valence-electron chi connectivity index (χ0n) is 18.7. The summed E-state index contributed by atoms with van der Waals surface area (Å²) < 4.78 is 0. The van der Waals surface area contributed by atoms with Crippen molar-refractivity contribution in [3.8, 4) is 0 Å². The van der Waals surface area contributed by atoms with Gasteiger partial charge in [0, 0.05) is 43.5 Å². The Hall–Kier alpha value is -1.89. The van der Waals surface area contributed by atoms with Gasteiger partial charge >= 0.3 is 6.03 Å². The fraction of sp³-hybridized carbons (Fsp3) is 0.696. The number of hydrogen-bond acceptors (Lipinski definition) is 5. The summed E-state index contributed by atoms with van der Waals surface area (Å²) in [5, 5.41) is 4.34. The van der Waals surface area contributed by atoms with Crippen molar-refractivity contribution in [2.45, 2.75) is 71.6 Å². The van der Waals surface area contributed by atoms with Crippen LogP contribution in [0.2, 0.25) is 0 Å². The standard InChI is InChI=1S/C23H35N5OS/c1-4-6-11-24-23(29)28-14-12-27(13-15-28)21-19-17-9-7-8-10-18(17)30-22(19)26-20(25-21)16(3)5-2/h16H,4-15H2,1-3H3,(H,24,29)/t16-/m0/s1. The molecule has 2 aromatic heterocycles. The third-order valence-corrected chi connectivity index (χ3v) is 7.72. The van der Waals surface area contributed by atoms with Gasteiger partial charge in [0.15, 0.2) is 0 Å². The number of carbonyl (C=O) groups excluding carboxylic acids is 1. The Morgan fingerprint density at radius 2 is 1.90 bits per heavy atom. The number of aryl methyl sites for hydroxylation is 2. The molecule has 0 unspecified atom stereocenters. The van der Waals surface area contributed by atoms with Gasteiger partial charge in [0.2, 0.25) is 0 Å². The summed E-state index contributed by atoms with van der Waals surface area (Å²) in [6.45, 7) is 10.5. The summed E-state index contributed by atoms with van der Waals surface area (Å²) in [6, 6.07) is 0.0733. The average molecular weight is 430 g/mol. The lowest BCUT2D eigenvalue weighted by Gasteiger charge is -2.36. The summed E-state index contributed by atoms with van der Waals surface area (Å²) >= 11 is 1.88. The summed E-state index contributed by atoms with van der Waals surface area (Å²) in [5.74, 6) is 2.44. The van der Waals surface area contributed by atoms with Gasteiger partial charge in [-0.2, -0.15) is 0 Å². The molecule has 1 N–H and O–H groups in total. The van der Waals surface area contributed by atoms with Gasteiger partial charge < -0.3 is 15.1 Å². The number of unbranched alkanes of at least 4 members (excludes halogenated alkanes) is 1. The Morgan fingerprint density at radius 1 is 1.13 bits per heavy atom. The molecule has 3 heterocycles. The van der Waals surface area contributed by atoms with Crippen molar-refractivity contribution < 1.29 is 4.79 Å². The van der Waals surface area contributed by atoms with Gasteiger partial charge in [0.05, 0.1) is 5.39 Å². The predicted octanol–water partition coefficient (Wildman–Crippen LogP) is 4.72. The third kappa shape index (κ3) is 4.27. The van der Waals surface area contributed by atoms with Crippen LogP contribution in [0.25, 0.3) is 10.2 Å². The lowest BCUT2D eigenvalue weighted by molar-refractivity contribution is 0.194. The van der Waals surface area contributed by atoms with E-state index in [0.717, 1.165) is 70.0 Å². The summed E-state index contributed by atoms with van der Waals surface area (Å²) in [7, 11) is 0. The van der Waals surface area contributed by atoms with Gasteiger partial charge in [0.25, 0.3) is 0 Å². The average Bonchev–Trinajstić information content (AvgIpc) is 3.16. The first-order valence-corrected chi connectivity index (χ1v) is 12.5. The van der Waals surface area contributed by atoms with Gasteiger partial charge in [-0.15, -0.1) is 11.3 Å². The second kappa shape index (κ2) is 9.50. The topological polar surface area (TPSA) is 61.4 Å². The molecule has 0 aromatic carbocycles. The zero-order chi connectivity index (χ0) is 21.1. The van der Waals surface area contributed by atoms with Crippen LogP contribution in [-0.4, -0.2) is 53.6 Å². The Balaban J connectivity index is 1.59. The van der Waals surface area contributed by atoms with E-state index in [9.17, 15) is 4.79 Å². The molecule has 2 amide bonds. The SMILES string of the molecule is CCCCNC(=O)N1CCN(c2nc([C@@H](C)CC)nc3sc4c(c23)CCCC4)CC1. The number of anilines is 1. The minimum atomic E-state index is 0.0733. The molecule has 4 rings (SSSR count). The van der Waals surface area contributed by atoms with Crippen LogP contribution in [0, 0.1) is 0 Å². The van der Waals surface area contributed by atoms with E-state index >= 15 is 0 Å². The van der Waals surface area contributed by atoms with E-state index in [1.54, 1.807) is 0 Å². The second-order valence-corrected chi connectivity index (χ2v) is 9.75. The molecule has 1 fully saturated rings. The predicted molar refractivity (Wildman–Crippen MR) is 125 cm³/mol. The maximum atomic E-state index is 12.4. The van der Waals surface area contributed by atoms with Crippen LogP contribution >= 0.6 is 11.3 Å². The van der Waals surface area contributed by atoms with Gasteiger partial charge in [-0.05, 0) is 44.1 Å². The van der Waals surface area contributed by atoms with Gasteiger partial charge in [0.1, 0.15) is 16.5 Å².